The zero-order valence-corrected chi connectivity index (χ0v) is 7.76. The van der Waals surface area contributed by atoms with Crippen molar-refractivity contribution in [3.8, 4) is 0 Å². The Labute approximate surface area is 76.1 Å². The van der Waals surface area contributed by atoms with E-state index in [1.807, 2.05) is 5.38 Å². The number of nitrogens with zero attached hydrogens (tertiary/aromatic N) is 2. The Bertz CT molecular complexity index is 230. The molecule has 12 heavy (non-hydrogen) atoms. The van der Waals surface area contributed by atoms with E-state index in [2.05, 4.69) is 9.59 Å². The molecular weight excluding hydrogens is 170 g/mol. The number of hydrogen-bond acceptors (Lipinski definition) is 4. The van der Waals surface area contributed by atoms with Gasteiger partial charge in [0.25, 0.3) is 0 Å². The van der Waals surface area contributed by atoms with Crippen molar-refractivity contribution in [2.24, 2.45) is 11.7 Å². The minimum Gasteiger partial charge on any atom is -0.327 e. The fourth-order valence-electron chi connectivity index (χ4n) is 1.55. The monoisotopic (exact) mass is 183 g/mol. The van der Waals surface area contributed by atoms with Crippen LogP contribution in [-0.4, -0.2) is 15.6 Å². The van der Waals surface area contributed by atoms with Gasteiger partial charge >= 0.3 is 0 Å². The van der Waals surface area contributed by atoms with E-state index in [4.69, 9.17) is 5.73 Å². The third-order valence-electron chi connectivity index (χ3n) is 2.61. The second-order valence-corrected chi connectivity index (χ2v) is 4.07. The molecule has 1 aliphatic rings. The van der Waals surface area contributed by atoms with Gasteiger partial charge in [-0.05, 0) is 30.3 Å². The summed E-state index contributed by atoms with van der Waals surface area (Å²) in [5.74, 6) is 0.742. The van der Waals surface area contributed by atoms with Crippen molar-refractivity contribution in [1.29, 1.82) is 0 Å². The van der Waals surface area contributed by atoms with E-state index in [1.54, 1.807) is 0 Å². The molecule has 4 heteroatoms. The maximum absolute atomic E-state index is 6.01. The molecule has 66 valence electrons. The van der Waals surface area contributed by atoms with Gasteiger partial charge in [-0.15, -0.1) is 5.10 Å². The van der Waals surface area contributed by atoms with E-state index in [0.29, 0.717) is 6.04 Å². The van der Waals surface area contributed by atoms with Gasteiger partial charge in [0.2, 0.25) is 0 Å². The van der Waals surface area contributed by atoms with Crippen molar-refractivity contribution in [2.45, 2.75) is 31.7 Å². The molecule has 0 saturated heterocycles. The molecule has 0 radical (unpaired) electrons. The standard InChI is InChI=1S/C8H13N3S/c9-8(6-2-1-3-6)4-7-5-12-11-10-7/h5-6,8H,1-4,9H2. The predicted molar refractivity (Wildman–Crippen MR) is 48.9 cm³/mol. The molecule has 0 amide bonds. The summed E-state index contributed by atoms with van der Waals surface area (Å²) in [7, 11) is 0. The third-order valence-corrected chi connectivity index (χ3v) is 3.16. The number of nitrogens with two attached hydrogens (primary N) is 1. The summed E-state index contributed by atoms with van der Waals surface area (Å²) in [6.07, 6.45) is 4.87. The number of rotatable bonds is 3. The fourth-order valence-corrected chi connectivity index (χ4v) is 2.01. The average Bonchev–Trinajstić information content (AvgIpc) is 2.34. The van der Waals surface area contributed by atoms with Crippen molar-refractivity contribution in [3.05, 3.63) is 11.1 Å². The molecule has 1 saturated carbocycles. The highest BCUT2D eigenvalue weighted by Gasteiger charge is 2.24. The second kappa shape index (κ2) is 3.49. The summed E-state index contributed by atoms with van der Waals surface area (Å²) in [5.41, 5.74) is 7.06. The largest absolute Gasteiger partial charge is 0.327 e. The van der Waals surface area contributed by atoms with Crippen LogP contribution in [0.15, 0.2) is 5.38 Å². The van der Waals surface area contributed by atoms with Gasteiger partial charge in [0, 0.05) is 17.8 Å². The number of hydrogen-bond donors (Lipinski definition) is 1. The summed E-state index contributed by atoms with van der Waals surface area (Å²) in [4.78, 5) is 0. The van der Waals surface area contributed by atoms with E-state index in [1.165, 1.54) is 30.8 Å². The molecule has 1 fully saturated rings. The van der Waals surface area contributed by atoms with Gasteiger partial charge in [-0.3, -0.25) is 0 Å². The first-order chi connectivity index (χ1) is 5.86. The first kappa shape index (κ1) is 8.13. The summed E-state index contributed by atoms with van der Waals surface area (Å²) in [6.45, 7) is 0. The van der Waals surface area contributed by atoms with Gasteiger partial charge < -0.3 is 5.73 Å². The minimum absolute atomic E-state index is 0.308. The Balaban J connectivity index is 1.86. The van der Waals surface area contributed by atoms with Gasteiger partial charge in [0.1, 0.15) is 0 Å². The summed E-state index contributed by atoms with van der Waals surface area (Å²) in [6, 6.07) is 0.308. The van der Waals surface area contributed by atoms with E-state index in [0.717, 1.165) is 18.0 Å². The van der Waals surface area contributed by atoms with Crippen LogP contribution in [0.5, 0.6) is 0 Å². The first-order valence-electron chi connectivity index (χ1n) is 4.38. The van der Waals surface area contributed by atoms with Crippen molar-refractivity contribution in [2.75, 3.05) is 0 Å². The van der Waals surface area contributed by atoms with Crippen molar-refractivity contribution in [3.63, 3.8) is 0 Å². The quantitative estimate of drug-likeness (QED) is 0.766. The zero-order chi connectivity index (χ0) is 8.39. The van der Waals surface area contributed by atoms with Crippen LogP contribution in [0.2, 0.25) is 0 Å². The Morgan fingerprint density at radius 3 is 3.00 bits per heavy atom. The molecule has 3 nitrogen and oxygen atoms in total. The molecule has 1 aliphatic carbocycles. The van der Waals surface area contributed by atoms with Crippen LogP contribution < -0.4 is 5.73 Å². The smallest absolute Gasteiger partial charge is 0.0771 e. The molecule has 0 aromatic carbocycles. The van der Waals surface area contributed by atoms with Crippen molar-refractivity contribution < 1.29 is 0 Å². The fraction of sp³-hybridized carbons (Fsp3) is 0.750. The number of aromatic nitrogens is 2. The Hall–Kier alpha value is -0.480. The molecule has 2 N–H and O–H groups in total. The van der Waals surface area contributed by atoms with Crippen LogP contribution in [-0.2, 0) is 6.42 Å². The highest BCUT2D eigenvalue weighted by atomic mass is 32.1. The lowest BCUT2D eigenvalue weighted by molar-refractivity contribution is 0.259. The molecule has 1 aromatic heterocycles. The molecule has 1 aromatic rings. The zero-order valence-electron chi connectivity index (χ0n) is 6.94. The molecule has 0 bridgehead atoms. The average molecular weight is 183 g/mol. The van der Waals surface area contributed by atoms with Crippen molar-refractivity contribution >= 4 is 11.5 Å². The van der Waals surface area contributed by atoms with Gasteiger partial charge in [0.15, 0.2) is 0 Å². The molecule has 2 rings (SSSR count). The normalized spacial score (nSPS) is 20.4. The molecule has 1 unspecified atom stereocenters. The molecular formula is C8H13N3S. The molecule has 1 atom stereocenters. The molecule has 1 heterocycles. The van der Waals surface area contributed by atoms with E-state index in [-0.39, 0.29) is 0 Å². The highest BCUT2D eigenvalue weighted by molar-refractivity contribution is 7.03. The van der Waals surface area contributed by atoms with Crippen LogP contribution >= 0.6 is 11.5 Å². The molecule has 0 aliphatic heterocycles. The second-order valence-electron chi connectivity index (χ2n) is 3.46. The van der Waals surface area contributed by atoms with Gasteiger partial charge in [-0.2, -0.15) is 0 Å². The Kier molecular flexibility index (Phi) is 2.37. The lowest BCUT2D eigenvalue weighted by Gasteiger charge is -2.30. The highest BCUT2D eigenvalue weighted by Crippen LogP contribution is 2.29. The lowest BCUT2D eigenvalue weighted by Crippen LogP contribution is -2.36. The summed E-state index contributed by atoms with van der Waals surface area (Å²) in [5, 5.41) is 5.97. The van der Waals surface area contributed by atoms with Crippen LogP contribution in [0.3, 0.4) is 0 Å². The van der Waals surface area contributed by atoms with Crippen LogP contribution in [0.25, 0.3) is 0 Å². The Morgan fingerprint density at radius 2 is 2.50 bits per heavy atom. The summed E-state index contributed by atoms with van der Waals surface area (Å²) >= 11 is 1.40. The lowest BCUT2D eigenvalue weighted by atomic mass is 9.79. The molecule has 0 spiro atoms. The van der Waals surface area contributed by atoms with Gasteiger partial charge in [-0.1, -0.05) is 10.9 Å². The van der Waals surface area contributed by atoms with Gasteiger partial charge in [-0.25, -0.2) is 0 Å². The minimum atomic E-state index is 0.308. The topological polar surface area (TPSA) is 51.8 Å². The SMILES string of the molecule is NC(Cc1csnn1)C1CCC1. The van der Waals surface area contributed by atoms with Crippen LogP contribution in [0.1, 0.15) is 25.0 Å². The van der Waals surface area contributed by atoms with Crippen LogP contribution in [0, 0.1) is 5.92 Å². The predicted octanol–water partition coefficient (Wildman–Crippen LogP) is 1.21. The van der Waals surface area contributed by atoms with Gasteiger partial charge in [0.05, 0.1) is 5.69 Å². The summed E-state index contributed by atoms with van der Waals surface area (Å²) < 4.78 is 3.81. The maximum Gasteiger partial charge on any atom is 0.0771 e. The Morgan fingerprint density at radius 1 is 1.67 bits per heavy atom. The first-order valence-corrected chi connectivity index (χ1v) is 5.21. The van der Waals surface area contributed by atoms with Crippen LogP contribution in [0.4, 0.5) is 0 Å². The third kappa shape index (κ3) is 1.64. The van der Waals surface area contributed by atoms with E-state index < -0.39 is 0 Å². The van der Waals surface area contributed by atoms with E-state index >= 15 is 0 Å². The van der Waals surface area contributed by atoms with E-state index in [9.17, 15) is 0 Å². The van der Waals surface area contributed by atoms with Crippen molar-refractivity contribution in [1.82, 2.24) is 9.59 Å². The maximum atomic E-state index is 6.01.